The van der Waals surface area contributed by atoms with Crippen molar-refractivity contribution in [2.24, 2.45) is 0 Å². The molecule has 0 aliphatic carbocycles. The number of hydrogen-bond donors (Lipinski definition) is 1. The molecule has 1 fully saturated rings. The Morgan fingerprint density at radius 3 is 2.59 bits per heavy atom. The van der Waals surface area contributed by atoms with Crippen molar-refractivity contribution >= 4 is 11.6 Å². The lowest BCUT2D eigenvalue weighted by molar-refractivity contribution is -0.0840. The zero-order valence-corrected chi connectivity index (χ0v) is 10.8. The van der Waals surface area contributed by atoms with Gasteiger partial charge >= 0.3 is 0 Å². The van der Waals surface area contributed by atoms with Crippen molar-refractivity contribution in [2.75, 3.05) is 26.2 Å². The maximum absolute atomic E-state index is 9.56. The first kappa shape index (κ1) is 12.7. The fourth-order valence-electron chi connectivity index (χ4n) is 2.08. The number of rotatable bonds is 5. The molecule has 0 aromatic heterocycles. The van der Waals surface area contributed by atoms with Crippen LogP contribution < -0.4 is 4.74 Å². The molecule has 0 spiro atoms. The summed E-state index contributed by atoms with van der Waals surface area (Å²) in [5, 5.41) is 10.3. The summed E-state index contributed by atoms with van der Waals surface area (Å²) in [5.41, 5.74) is -0.475. The van der Waals surface area contributed by atoms with Gasteiger partial charge in [-0.2, -0.15) is 0 Å². The largest absolute Gasteiger partial charge is 0.494 e. The summed E-state index contributed by atoms with van der Waals surface area (Å²) < 4.78 is 5.58. The van der Waals surface area contributed by atoms with E-state index in [1.807, 2.05) is 31.2 Å². The van der Waals surface area contributed by atoms with Crippen LogP contribution in [0.15, 0.2) is 24.3 Å². The summed E-state index contributed by atoms with van der Waals surface area (Å²) in [4.78, 5) is 2.23. The zero-order valence-electron chi connectivity index (χ0n) is 10.0. The third-order valence-corrected chi connectivity index (χ3v) is 3.08. The lowest BCUT2D eigenvalue weighted by Gasteiger charge is -2.44. The maximum Gasteiger partial charge on any atom is 0.119 e. The van der Waals surface area contributed by atoms with Crippen LogP contribution in [0.5, 0.6) is 5.75 Å². The number of hydrogen-bond acceptors (Lipinski definition) is 3. The van der Waals surface area contributed by atoms with E-state index < -0.39 is 5.60 Å². The summed E-state index contributed by atoms with van der Waals surface area (Å²) in [6.07, 6.45) is 0.971. The number of benzene rings is 1. The van der Waals surface area contributed by atoms with Gasteiger partial charge in [0.25, 0.3) is 0 Å². The second kappa shape index (κ2) is 5.25. The van der Waals surface area contributed by atoms with Crippen molar-refractivity contribution < 1.29 is 9.84 Å². The Morgan fingerprint density at radius 1 is 1.35 bits per heavy atom. The van der Waals surface area contributed by atoms with Crippen LogP contribution in [0, 0.1) is 0 Å². The highest BCUT2D eigenvalue weighted by molar-refractivity contribution is 6.30. The summed E-state index contributed by atoms with van der Waals surface area (Å²) in [6.45, 7) is 5.08. The molecule has 0 amide bonds. The molecule has 1 heterocycles. The molecular formula is C13H18ClNO2. The standard InChI is InChI=1S/C13H18ClNO2/c1-13(16)9-15(10-13)7-2-8-17-12-5-3-11(14)4-6-12/h3-6,16H,2,7-10H2,1H3. The smallest absolute Gasteiger partial charge is 0.119 e. The molecule has 1 N–H and O–H groups in total. The van der Waals surface area contributed by atoms with Crippen molar-refractivity contribution in [3.05, 3.63) is 29.3 Å². The number of β-amino-alcohol motifs (C(OH)–C–C–N with tert-alkyl or cyclic N) is 1. The monoisotopic (exact) mass is 255 g/mol. The maximum atomic E-state index is 9.56. The number of nitrogens with zero attached hydrogens (tertiary/aromatic N) is 1. The minimum atomic E-state index is -0.475. The van der Waals surface area contributed by atoms with Gasteiger partial charge in [-0.3, -0.25) is 4.90 Å². The highest BCUT2D eigenvalue weighted by Crippen LogP contribution is 2.20. The molecule has 3 nitrogen and oxygen atoms in total. The first-order chi connectivity index (χ1) is 8.05. The second-order valence-corrected chi connectivity index (χ2v) is 5.30. The van der Waals surface area contributed by atoms with Gasteiger partial charge in [0.15, 0.2) is 0 Å². The third-order valence-electron chi connectivity index (χ3n) is 2.83. The van der Waals surface area contributed by atoms with Crippen molar-refractivity contribution in [1.29, 1.82) is 0 Å². The Labute approximate surface area is 107 Å². The molecule has 2 rings (SSSR count). The fourth-order valence-corrected chi connectivity index (χ4v) is 2.21. The molecule has 0 unspecified atom stereocenters. The van der Waals surface area contributed by atoms with Crippen molar-refractivity contribution in [2.45, 2.75) is 18.9 Å². The summed E-state index contributed by atoms with van der Waals surface area (Å²) >= 11 is 5.78. The van der Waals surface area contributed by atoms with E-state index in [0.717, 1.165) is 36.8 Å². The van der Waals surface area contributed by atoms with Crippen LogP contribution in [0.2, 0.25) is 5.02 Å². The average Bonchev–Trinajstić information content (AvgIpc) is 2.24. The van der Waals surface area contributed by atoms with E-state index >= 15 is 0 Å². The van der Waals surface area contributed by atoms with Crippen molar-refractivity contribution in [3.63, 3.8) is 0 Å². The van der Waals surface area contributed by atoms with E-state index in [4.69, 9.17) is 16.3 Å². The van der Waals surface area contributed by atoms with Crippen molar-refractivity contribution in [1.82, 2.24) is 4.90 Å². The predicted molar refractivity (Wildman–Crippen MR) is 68.6 cm³/mol. The first-order valence-electron chi connectivity index (χ1n) is 5.88. The molecule has 0 atom stereocenters. The highest BCUT2D eigenvalue weighted by atomic mass is 35.5. The fraction of sp³-hybridized carbons (Fsp3) is 0.538. The quantitative estimate of drug-likeness (QED) is 0.819. The lowest BCUT2D eigenvalue weighted by Crippen LogP contribution is -2.59. The van der Waals surface area contributed by atoms with Gasteiger partial charge < -0.3 is 9.84 Å². The highest BCUT2D eigenvalue weighted by Gasteiger charge is 2.35. The molecule has 0 bridgehead atoms. The van der Waals surface area contributed by atoms with E-state index in [1.165, 1.54) is 0 Å². The van der Waals surface area contributed by atoms with Gasteiger partial charge in [0, 0.05) is 24.7 Å². The summed E-state index contributed by atoms with van der Waals surface area (Å²) in [5.74, 6) is 0.852. The van der Waals surface area contributed by atoms with Gasteiger partial charge in [-0.05, 0) is 37.6 Å². The third kappa shape index (κ3) is 3.87. The van der Waals surface area contributed by atoms with Crippen LogP contribution in [0.4, 0.5) is 0 Å². The molecule has 17 heavy (non-hydrogen) atoms. The topological polar surface area (TPSA) is 32.7 Å². The minimum absolute atomic E-state index is 0.475. The van der Waals surface area contributed by atoms with Crippen LogP contribution >= 0.6 is 11.6 Å². The van der Waals surface area contributed by atoms with Gasteiger partial charge in [0.2, 0.25) is 0 Å². The molecule has 1 aliphatic rings. The van der Waals surface area contributed by atoms with Gasteiger partial charge in [-0.25, -0.2) is 0 Å². The van der Waals surface area contributed by atoms with Gasteiger partial charge in [0.05, 0.1) is 12.2 Å². The van der Waals surface area contributed by atoms with Crippen LogP contribution in [-0.4, -0.2) is 41.8 Å². The Balaban J connectivity index is 1.59. The Bertz CT molecular complexity index is 356. The number of ether oxygens (including phenoxy) is 1. The van der Waals surface area contributed by atoms with E-state index in [0.29, 0.717) is 6.61 Å². The number of halogens is 1. The molecule has 1 aromatic rings. The number of likely N-dealkylation sites (tertiary alicyclic amines) is 1. The van der Waals surface area contributed by atoms with E-state index in [-0.39, 0.29) is 0 Å². The Morgan fingerprint density at radius 2 is 2.00 bits per heavy atom. The average molecular weight is 256 g/mol. The summed E-state index contributed by atoms with van der Waals surface area (Å²) in [6, 6.07) is 7.39. The van der Waals surface area contributed by atoms with Crippen LogP contribution in [0.3, 0.4) is 0 Å². The summed E-state index contributed by atoms with van der Waals surface area (Å²) in [7, 11) is 0. The molecule has 1 saturated heterocycles. The normalized spacial score (nSPS) is 18.8. The van der Waals surface area contributed by atoms with E-state index in [1.54, 1.807) is 0 Å². The van der Waals surface area contributed by atoms with Gasteiger partial charge in [-0.1, -0.05) is 11.6 Å². The van der Waals surface area contributed by atoms with Gasteiger partial charge in [0.1, 0.15) is 5.75 Å². The minimum Gasteiger partial charge on any atom is -0.494 e. The lowest BCUT2D eigenvalue weighted by atomic mass is 9.97. The molecule has 94 valence electrons. The van der Waals surface area contributed by atoms with Crippen LogP contribution in [0.25, 0.3) is 0 Å². The van der Waals surface area contributed by atoms with E-state index in [2.05, 4.69) is 4.90 Å². The van der Waals surface area contributed by atoms with Crippen LogP contribution in [0.1, 0.15) is 13.3 Å². The molecule has 0 radical (unpaired) electrons. The second-order valence-electron chi connectivity index (χ2n) is 4.86. The van der Waals surface area contributed by atoms with Crippen LogP contribution in [-0.2, 0) is 0 Å². The molecule has 4 heteroatoms. The molecule has 1 aromatic carbocycles. The SMILES string of the molecule is CC1(O)CN(CCCOc2ccc(Cl)cc2)C1. The zero-order chi connectivity index (χ0) is 12.3. The van der Waals surface area contributed by atoms with Crippen molar-refractivity contribution in [3.8, 4) is 5.75 Å². The molecular weight excluding hydrogens is 238 g/mol. The predicted octanol–water partition coefficient (Wildman–Crippen LogP) is 2.18. The number of aliphatic hydroxyl groups is 1. The van der Waals surface area contributed by atoms with Gasteiger partial charge in [-0.15, -0.1) is 0 Å². The molecule has 0 saturated carbocycles. The molecule has 1 aliphatic heterocycles. The Kier molecular flexibility index (Phi) is 3.92. The first-order valence-corrected chi connectivity index (χ1v) is 6.26. The Hall–Kier alpha value is -0.770. The van der Waals surface area contributed by atoms with E-state index in [9.17, 15) is 5.11 Å².